The lowest BCUT2D eigenvalue weighted by atomic mass is 10.1. The van der Waals surface area contributed by atoms with Gasteiger partial charge in [-0.1, -0.05) is 18.2 Å². The van der Waals surface area contributed by atoms with E-state index in [1.165, 1.54) is 30.5 Å². The van der Waals surface area contributed by atoms with Crippen LogP contribution in [0.1, 0.15) is 29.2 Å². The molecule has 168 valence electrons. The Bertz CT molecular complexity index is 1310. The summed E-state index contributed by atoms with van der Waals surface area (Å²) in [7, 11) is -0.507. The van der Waals surface area contributed by atoms with E-state index in [0.717, 1.165) is 21.8 Å². The Labute approximate surface area is 191 Å². The molecule has 0 aliphatic heterocycles. The van der Waals surface area contributed by atoms with Crippen molar-refractivity contribution in [3.05, 3.63) is 82.1 Å². The van der Waals surface area contributed by atoms with E-state index in [1.807, 2.05) is 30.5 Å². The lowest BCUT2D eigenvalue weighted by Crippen LogP contribution is -2.23. The summed E-state index contributed by atoms with van der Waals surface area (Å²) in [5.41, 5.74) is 2.49. The minimum atomic E-state index is -3.53. The lowest BCUT2D eigenvalue weighted by Gasteiger charge is -2.18. The molecule has 2 aromatic heterocycles. The number of imidazole rings is 1. The predicted octanol–water partition coefficient (Wildman–Crippen LogP) is 4.39. The monoisotopic (exact) mass is 472 g/mol. The molecule has 0 fully saturated rings. The summed E-state index contributed by atoms with van der Waals surface area (Å²) in [4.78, 5) is 6.08. The smallest absolute Gasteiger partial charge is 0.242 e. The highest BCUT2D eigenvalue weighted by Crippen LogP contribution is 2.27. The molecule has 2 aromatic carbocycles. The van der Waals surface area contributed by atoms with Crippen LogP contribution in [0.2, 0.25) is 0 Å². The highest BCUT2D eigenvalue weighted by Gasteiger charge is 2.21. The average Bonchev–Trinajstić information content (AvgIpc) is 3.42. The highest BCUT2D eigenvalue weighted by molar-refractivity contribution is 7.89. The third-order valence-corrected chi connectivity index (χ3v) is 8.14. The summed E-state index contributed by atoms with van der Waals surface area (Å²) < 4.78 is 41.8. The number of aryl methyl sites for hydroxylation is 1. The number of benzene rings is 2. The highest BCUT2D eigenvalue weighted by atomic mass is 32.2. The fraction of sp³-hybridized carbons (Fsp3) is 0.261. The maximum absolute atomic E-state index is 13.4. The molecule has 1 atom stereocenters. The van der Waals surface area contributed by atoms with Crippen molar-refractivity contribution in [3.63, 3.8) is 0 Å². The van der Waals surface area contributed by atoms with E-state index in [1.54, 1.807) is 35.6 Å². The third-order valence-electron chi connectivity index (χ3n) is 5.39. The number of halogens is 1. The van der Waals surface area contributed by atoms with Gasteiger partial charge in [-0.2, -0.15) is 0 Å². The van der Waals surface area contributed by atoms with Crippen LogP contribution >= 0.6 is 11.3 Å². The molecule has 2 heterocycles. The van der Waals surface area contributed by atoms with Gasteiger partial charge in [-0.25, -0.2) is 22.1 Å². The van der Waals surface area contributed by atoms with Crippen molar-refractivity contribution < 1.29 is 12.8 Å². The zero-order chi connectivity index (χ0) is 22.9. The Morgan fingerprint density at radius 3 is 2.53 bits per heavy atom. The Morgan fingerprint density at radius 2 is 1.91 bits per heavy atom. The van der Waals surface area contributed by atoms with Gasteiger partial charge in [-0.3, -0.25) is 5.32 Å². The van der Waals surface area contributed by atoms with Crippen molar-refractivity contribution in [1.29, 1.82) is 0 Å². The number of hydrogen-bond acceptors (Lipinski definition) is 5. The molecule has 1 unspecified atom stereocenters. The SMILES string of the molecule is CCn1c(CNC(c2ccc(F)cc2)c2cccs2)nc2cc(S(=O)(=O)N(C)C)ccc21. The van der Waals surface area contributed by atoms with Gasteiger partial charge in [-0.05, 0) is 54.3 Å². The van der Waals surface area contributed by atoms with Gasteiger partial charge in [0.1, 0.15) is 11.6 Å². The van der Waals surface area contributed by atoms with Crippen LogP contribution in [0.4, 0.5) is 4.39 Å². The van der Waals surface area contributed by atoms with Gasteiger partial charge in [0.05, 0.1) is 28.5 Å². The van der Waals surface area contributed by atoms with Crippen molar-refractivity contribution in [3.8, 4) is 0 Å². The number of nitrogens with one attached hydrogen (secondary N) is 1. The predicted molar refractivity (Wildman–Crippen MR) is 126 cm³/mol. The molecule has 0 saturated heterocycles. The van der Waals surface area contributed by atoms with E-state index in [4.69, 9.17) is 4.98 Å². The summed E-state index contributed by atoms with van der Waals surface area (Å²) >= 11 is 1.63. The van der Waals surface area contributed by atoms with E-state index < -0.39 is 10.0 Å². The Hall–Kier alpha value is -2.59. The molecular formula is C23H25FN4O2S2. The third kappa shape index (κ3) is 4.33. The standard InChI is InChI=1S/C23H25FN4O2S2/c1-4-28-20-12-11-18(32(29,30)27(2)3)14-19(20)26-22(28)15-25-23(21-6-5-13-31-21)16-7-9-17(24)10-8-16/h5-14,23,25H,4,15H2,1-3H3. The van der Waals surface area contributed by atoms with Crippen LogP contribution in [0.3, 0.4) is 0 Å². The van der Waals surface area contributed by atoms with Gasteiger partial charge in [0, 0.05) is 25.5 Å². The maximum atomic E-state index is 13.4. The summed E-state index contributed by atoms with van der Waals surface area (Å²) in [6.07, 6.45) is 0. The Kier molecular flexibility index (Phi) is 6.43. The molecule has 0 aliphatic rings. The number of aromatic nitrogens is 2. The van der Waals surface area contributed by atoms with Crippen molar-refractivity contribution in [2.75, 3.05) is 14.1 Å². The number of fused-ring (bicyclic) bond motifs is 1. The molecule has 32 heavy (non-hydrogen) atoms. The first-order valence-electron chi connectivity index (χ1n) is 10.2. The molecule has 0 aliphatic carbocycles. The zero-order valence-corrected chi connectivity index (χ0v) is 19.8. The van der Waals surface area contributed by atoms with Crippen molar-refractivity contribution >= 4 is 32.4 Å². The van der Waals surface area contributed by atoms with Gasteiger partial charge in [0.25, 0.3) is 0 Å². The van der Waals surface area contributed by atoms with Gasteiger partial charge in [-0.15, -0.1) is 11.3 Å². The largest absolute Gasteiger partial charge is 0.327 e. The lowest BCUT2D eigenvalue weighted by molar-refractivity contribution is 0.521. The number of thiophene rings is 1. The van der Waals surface area contributed by atoms with E-state index in [2.05, 4.69) is 9.88 Å². The Balaban J connectivity index is 1.67. The first kappa shape index (κ1) is 22.6. The minimum absolute atomic E-state index is 0.106. The van der Waals surface area contributed by atoms with Gasteiger partial charge in [0.15, 0.2) is 0 Å². The van der Waals surface area contributed by atoms with E-state index in [9.17, 15) is 12.8 Å². The molecule has 0 bridgehead atoms. The van der Waals surface area contributed by atoms with E-state index in [-0.39, 0.29) is 16.8 Å². The van der Waals surface area contributed by atoms with Crippen molar-refractivity contribution in [2.24, 2.45) is 0 Å². The van der Waals surface area contributed by atoms with Crippen molar-refractivity contribution in [1.82, 2.24) is 19.2 Å². The maximum Gasteiger partial charge on any atom is 0.242 e. The molecule has 4 aromatic rings. The minimum Gasteiger partial charge on any atom is -0.327 e. The van der Waals surface area contributed by atoms with Crippen LogP contribution in [-0.4, -0.2) is 36.4 Å². The molecule has 0 spiro atoms. The summed E-state index contributed by atoms with van der Waals surface area (Å²) in [6, 6.07) is 15.5. The van der Waals surface area contributed by atoms with Crippen LogP contribution in [0.15, 0.2) is 64.9 Å². The summed E-state index contributed by atoms with van der Waals surface area (Å²) in [6.45, 7) is 3.21. The second-order valence-corrected chi connectivity index (χ2v) is 10.7. The van der Waals surface area contributed by atoms with E-state index >= 15 is 0 Å². The van der Waals surface area contributed by atoms with Crippen molar-refractivity contribution in [2.45, 2.75) is 31.0 Å². The molecule has 0 saturated carbocycles. The molecule has 1 N–H and O–H groups in total. The zero-order valence-electron chi connectivity index (χ0n) is 18.1. The fourth-order valence-electron chi connectivity index (χ4n) is 3.71. The normalized spacial score (nSPS) is 13.2. The molecular weight excluding hydrogens is 447 g/mol. The van der Waals surface area contributed by atoms with Gasteiger partial charge < -0.3 is 4.57 Å². The second-order valence-electron chi connectivity index (χ2n) is 7.59. The van der Waals surface area contributed by atoms with Crippen LogP contribution in [-0.2, 0) is 23.1 Å². The quantitative estimate of drug-likeness (QED) is 0.413. The molecule has 6 nitrogen and oxygen atoms in total. The molecule has 0 amide bonds. The number of rotatable bonds is 8. The van der Waals surface area contributed by atoms with Gasteiger partial charge in [0.2, 0.25) is 10.0 Å². The first-order chi connectivity index (χ1) is 15.3. The summed E-state index contributed by atoms with van der Waals surface area (Å²) in [5.74, 6) is 0.542. The van der Waals surface area contributed by atoms with Crippen LogP contribution < -0.4 is 5.32 Å². The molecule has 4 rings (SSSR count). The first-order valence-corrected chi connectivity index (χ1v) is 12.6. The number of sulfonamides is 1. The van der Waals surface area contributed by atoms with Crippen LogP contribution in [0.5, 0.6) is 0 Å². The molecule has 9 heteroatoms. The topological polar surface area (TPSA) is 67.2 Å². The Morgan fingerprint density at radius 1 is 1.16 bits per heavy atom. The van der Waals surface area contributed by atoms with E-state index in [0.29, 0.717) is 18.6 Å². The van der Waals surface area contributed by atoms with Crippen LogP contribution in [0.25, 0.3) is 11.0 Å². The average molecular weight is 473 g/mol. The van der Waals surface area contributed by atoms with Crippen LogP contribution in [0, 0.1) is 5.82 Å². The fourth-order valence-corrected chi connectivity index (χ4v) is 5.45. The second kappa shape index (κ2) is 9.11. The number of hydrogen-bond donors (Lipinski definition) is 1. The number of nitrogens with zero attached hydrogens (tertiary/aromatic N) is 3. The molecule has 0 radical (unpaired) electrons. The van der Waals surface area contributed by atoms with Gasteiger partial charge >= 0.3 is 0 Å². The summed E-state index contributed by atoms with van der Waals surface area (Å²) in [5, 5.41) is 5.57.